The number of nitrogens with zero attached hydrogens (tertiary/aromatic N) is 1. The highest BCUT2D eigenvalue weighted by atomic mass is 32.2. The molecule has 1 saturated heterocycles. The van der Waals surface area contributed by atoms with Gasteiger partial charge in [-0.1, -0.05) is 38.1 Å². The van der Waals surface area contributed by atoms with Crippen LogP contribution in [0.4, 0.5) is 5.69 Å². The van der Waals surface area contributed by atoms with Crippen molar-refractivity contribution in [3.05, 3.63) is 58.5 Å². The van der Waals surface area contributed by atoms with Gasteiger partial charge in [0, 0.05) is 6.07 Å². The Morgan fingerprint density at radius 1 is 1.07 bits per heavy atom. The minimum Gasteiger partial charge on any atom is -0.497 e. The summed E-state index contributed by atoms with van der Waals surface area (Å²) in [4.78, 5) is 17.4. The lowest BCUT2D eigenvalue weighted by Gasteiger charge is -2.07. The minimum atomic E-state index is -0.154. The van der Waals surface area contributed by atoms with Crippen LogP contribution in [0.25, 0.3) is 6.08 Å². The molecule has 1 aliphatic rings. The summed E-state index contributed by atoms with van der Waals surface area (Å²) in [5.41, 5.74) is 2.89. The highest BCUT2D eigenvalue weighted by Crippen LogP contribution is 2.34. The monoisotopic (exact) mass is 382 g/mol. The van der Waals surface area contributed by atoms with Crippen molar-refractivity contribution in [3.8, 4) is 11.5 Å². The zero-order valence-corrected chi connectivity index (χ0v) is 16.6. The number of rotatable bonds is 5. The van der Waals surface area contributed by atoms with Crippen LogP contribution in [0.5, 0.6) is 11.5 Å². The first kappa shape index (κ1) is 19.0. The molecule has 1 fully saturated rings. The number of hydrogen-bond donors (Lipinski definition) is 1. The lowest BCUT2D eigenvalue weighted by molar-refractivity contribution is -0.115. The van der Waals surface area contributed by atoms with E-state index in [2.05, 4.69) is 36.3 Å². The Balaban J connectivity index is 1.81. The second-order valence-corrected chi connectivity index (χ2v) is 7.37. The van der Waals surface area contributed by atoms with Gasteiger partial charge in [0.25, 0.3) is 5.91 Å². The molecule has 0 saturated carbocycles. The van der Waals surface area contributed by atoms with Crippen molar-refractivity contribution in [3.63, 3.8) is 0 Å². The fraction of sp³-hybridized carbons (Fsp3) is 0.238. The van der Waals surface area contributed by atoms with Crippen molar-refractivity contribution in [1.29, 1.82) is 0 Å². The third kappa shape index (κ3) is 4.52. The van der Waals surface area contributed by atoms with Gasteiger partial charge in [-0.3, -0.25) is 4.79 Å². The molecule has 2 aromatic carbocycles. The number of amidine groups is 1. The van der Waals surface area contributed by atoms with Gasteiger partial charge in [-0.2, -0.15) is 0 Å². The summed E-state index contributed by atoms with van der Waals surface area (Å²) in [6.45, 7) is 4.31. The van der Waals surface area contributed by atoms with E-state index in [0.717, 1.165) is 5.56 Å². The summed E-state index contributed by atoms with van der Waals surface area (Å²) in [6, 6.07) is 13.6. The summed E-state index contributed by atoms with van der Waals surface area (Å²) in [7, 11) is 3.17. The molecule has 6 heteroatoms. The third-order valence-electron chi connectivity index (χ3n) is 4.16. The average Bonchev–Trinajstić information content (AvgIpc) is 3.01. The molecule has 0 aliphatic carbocycles. The number of amides is 1. The van der Waals surface area contributed by atoms with Crippen LogP contribution in [-0.2, 0) is 4.79 Å². The van der Waals surface area contributed by atoms with Crippen LogP contribution in [-0.4, -0.2) is 25.3 Å². The number of nitrogens with one attached hydrogen (secondary N) is 1. The molecule has 2 aromatic rings. The number of aliphatic imine (C=N–C) groups is 1. The van der Waals surface area contributed by atoms with E-state index < -0.39 is 0 Å². The van der Waals surface area contributed by atoms with Crippen LogP contribution in [0, 0.1) is 0 Å². The lowest BCUT2D eigenvalue weighted by Crippen LogP contribution is -2.19. The van der Waals surface area contributed by atoms with Gasteiger partial charge in [0.2, 0.25) is 0 Å². The standard InChI is InChI=1S/C21H22N2O3S/c1-13(2)15-7-5-14(6-8-15)11-19-20(24)23-21(27-19)22-17-10-9-16(25-3)12-18(17)26-4/h5-13H,1-4H3,(H,22,23,24)/b19-11-. The molecule has 0 radical (unpaired) electrons. The van der Waals surface area contributed by atoms with Crippen molar-refractivity contribution in [2.45, 2.75) is 19.8 Å². The highest BCUT2D eigenvalue weighted by molar-refractivity contribution is 8.18. The lowest BCUT2D eigenvalue weighted by atomic mass is 10.0. The first-order valence-corrected chi connectivity index (χ1v) is 9.43. The van der Waals surface area contributed by atoms with Gasteiger partial charge >= 0.3 is 0 Å². The Kier molecular flexibility index (Phi) is 5.86. The van der Waals surface area contributed by atoms with E-state index in [4.69, 9.17) is 9.47 Å². The second-order valence-electron chi connectivity index (χ2n) is 6.34. The first-order chi connectivity index (χ1) is 13.0. The Hall–Kier alpha value is -2.73. The maximum absolute atomic E-state index is 12.3. The van der Waals surface area contributed by atoms with E-state index in [0.29, 0.717) is 33.2 Å². The molecule has 1 heterocycles. The molecule has 1 amide bonds. The predicted molar refractivity (Wildman–Crippen MR) is 111 cm³/mol. The summed E-state index contributed by atoms with van der Waals surface area (Å²) in [5.74, 6) is 1.59. The van der Waals surface area contributed by atoms with E-state index in [1.54, 1.807) is 32.4 Å². The van der Waals surface area contributed by atoms with Gasteiger partial charge in [0.15, 0.2) is 5.17 Å². The Labute approximate surface area is 163 Å². The SMILES string of the molecule is COc1ccc(N=C2NC(=O)/C(=C/c3ccc(C(C)C)cc3)S2)c(OC)c1. The van der Waals surface area contributed by atoms with Crippen molar-refractivity contribution in [1.82, 2.24) is 5.32 Å². The molecule has 0 spiro atoms. The molecule has 0 unspecified atom stereocenters. The topological polar surface area (TPSA) is 59.9 Å². The molecule has 0 bridgehead atoms. The average molecular weight is 382 g/mol. The summed E-state index contributed by atoms with van der Waals surface area (Å²) in [6.07, 6.45) is 1.87. The number of ether oxygens (including phenoxy) is 2. The molecule has 3 rings (SSSR count). The second kappa shape index (κ2) is 8.31. The number of benzene rings is 2. The van der Waals surface area contributed by atoms with Gasteiger partial charge in [0.05, 0.1) is 19.1 Å². The molecule has 1 N–H and O–H groups in total. The number of carbonyl (C=O) groups is 1. The third-order valence-corrected chi connectivity index (χ3v) is 5.07. The molecule has 1 aliphatic heterocycles. The minimum absolute atomic E-state index is 0.154. The predicted octanol–water partition coefficient (Wildman–Crippen LogP) is 4.72. The normalized spacial score (nSPS) is 16.9. The van der Waals surface area contributed by atoms with Gasteiger partial charge in [-0.25, -0.2) is 4.99 Å². The fourth-order valence-corrected chi connectivity index (χ4v) is 3.43. The Bertz CT molecular complexity index is 902. The molecule has 5 nitrogen and oxygen atoms in total. The largest absolute Gasteiger partial charge is 0.497 e. The van der Waals surface area contributed by atoms with Crippen molar-refractivity contribution in [2.75, 3.05) is 14.2 Å². The quantitative estimate of drug-likeness (QED) is 0.760. The fourth-order valence-electron chi connectivity index (χ4n) is 2.60. The molecule has 140 valence electrons. The number of thioether (sulfide) groups is 1. The summed E-state index contributed by atoms with van der Waals surface area (Å²) >= 11 is 1.31. The van der Waals surface area contributed by atoms with Crippen molar-refractivity contribution < 1.29 is 14.3 Å². The molecular formula is C21H22N2O3S. The van der Waals surface area contributed by atoms with E-state index >= 15 is 0 Å². The van der Waals surface area contributed by atoms with E-state index in [1.165, 1.54) is 17.3 Å². The van der Waals surface area contributed by atoms with Crippen LogP contribution >= 0.6 is 11.8 Å². The molecule has 0 atom stereocenters. The van der Waals surface area contributed by atoms with Crippen LogP contribution in [0.2, 0.25) is 0 Å². The smallest absolute Gasteiger partial charge is 0.264 e. The highest BCUT2D eigenvalue weighted by Gasteiger charge is 2.24. The van der Waals surface area contributed by atoms with Gasteiger partial charge < -0.3 is 14.8 Å². The van der Waals surface area contributed by atoms with Gasteiger partial charge in [-0.05, 0) is 47.0 Å². The molecular weight excluding hydrogens is 360 g/mol. The van der Waals surface area contributed by atoms with Crippen molar-refractivity contribution in [2.24, 2.45) is 4.99 Å². The van der Waals surface area contributed by atoms with Crippen molar-refractivity contribution >= 4 is 34.6 Å². The Morgan fingerprint density at radius 3 is 2.44 bits per heavy atom. The number of hydrogen-bond acceptors (Lipinski definition) is 5. The molecule has 27 heavy (non-hydrogen) atoms. The first-order valence-electron chi connectivity index (χ1n) is 8.61. The maximum Gasteiger partial charge on any atom is 0.264 e. The summed E-state index contributed by atoms with van der Waals surface area (Å²) in [5, 5.41) is 3.32. The zero-order valence-electron chi connectivity index (χ0n) is 15.8. The van der Waals surface area contributed by atoms with Crippen LogP contribution in [0.3, 0.4) is 0 Å². The van der Waals surface area contributed by atoms with Crippen LogP contribution in [0.15, 0.2) is 52.4 Å². The summed E-state index contributed by atoms with van der Waals surface area (Å²) < 4.78 is 10.5. The van der Waals surface area contributed by atoms with E-state index in [1.807, 2.05) is 18.2 Å². The van der Waals surface area contributed by atoms with E-state index in [9.17, 15) is 4.79 Å². The van der Waals surface area contributed by atoms with Gasteiger partial charge in [0.1, 0.15) is 17.2 Å². The molecule has 0 aromatic heterocycles. The van der Waals surface area contributed by atoms with Crippen LogP contribution in [0.1, 0.15) is 30.9 Å². The van der Waals surface area contributed by atoms with Crippen LogP contribution < -0.4 is 14.8 Å². The van der Waals surface area contributed by atoms with Gasteiger partial charge in [-0.15, -0.1) is 0 Å². The maximum atomic E-state index is 12.3. The Morgan fingerprint density at radius 2 is 1.81 bits per heavy atom. The number of carbonyl (C=O) groups excluding carboxylic acids is 1. The van der Waals surface area contributed by atoms with E-state index in [-0.39, 0.29) is 5.91 Å². The number of methoxy groups -OCH3 is 2. The zero-order chi connectivity index (χ0) is 19.4.